The number of aryl methyl sites for hydroxylation is 1. The molecule has 0 aliphatic rings. The molecule has 8 heteroatoms. The van der Waals surface area contributed by atoms with Gasteiger partial charge in [0.15, 0.2) is 5.75 Å². The molecular formula is C39H55ClN4O3. The second kappa shape index (κ2) is 19.5. The number of halogens is 1. The van der Waals surface area contributed by atoms with E-state index in [0.29, 0.717) is 19.8 Å². The van der Waals surface area contributed by atoms with Gasteiger partial charge in [-0.3, -0.25) is 0 Å². The van der Waals surface area contributed by atoms with E-state index in [1.807, 2.05) is 42.5 Å². The topological polar surface area (TPSA) is 52.0 Å². The van der Waals surface area contributed by atoms with Gasteiger partial charge in [-0.1, -0.05) is 64.8 Å². The van der Waals surface area contributed by atoms with Crippen LogP contribution in [0.15, 0.2) is 60.7 Å². The standard InChI is InChI=1S/C39H55ClN4O3/c1-6-11-25-44-36-29-35(45-26-12-23-42(7-2)8-3)30-37(47-27-13-24-43(9-4)10-5)38(36)41-39(44)32-16-20-34(21-17-32)46-28-22-31-14-18-33(40)19-15-31/h14-21,29-30H,6-13,22-28H2,1-5H3. The number of aromatic nitrogens is 2. The summed E-state index contributed by atoms with van der Waals surface area (Å²) in [5.41, 5.74) is 4.19. The maximum atomic E-state index is 6.48. The largest absolute Gasteiger partial charge is 0.493 e. The van der Waals surface area contributed by atoms with E-state index in [9.17, 15) is 0 Å². The van der Waals surface area contributed by atoms with Crippen LogP contribution in [0.25, 0.3) is 22.4 Å². The lowest BCUT2D eigenvalue weighted by atomic mass is 10.1. The molecule has 0 bridgehead atoms. The highest BCUT2D eigenvalue weighted by Crippen LogP contribution is 2.35. The third-order valence-electron chi connectivity index (χ3n) is 8.77. The van der Waals surface area contributed by atoms with Crippen LogP contribution in [0.1, 0.15) is 65.9 Å². The summed E-state index contributed by atoms with van der Waals surface area (Å²) in [5.74, 6) is 3.41. The van der Waals surface area contributed by atoms with Gasteiger partial charge < -0.3 is 28.6 Å². The molecule has 0 saturated heterocycles. The van der Waals surface area contributed by atoms with Crippen LogP contribution in [0.3, 0.4) is 0 Å². The fourth-order valence-electron chi connectivity index (χ4n) is 5.79. The van der Waals surface area contributed by atoms with Crippen LogP contribution in [0, 0.1) is 0 Å². The number of hydrogen-bond acceptors (Lipinski definition) is 6. The first-order chi connectivity index (χ1) is 23.0. The Balaban J connectivity index is 1.57. The summed E-state index contributed by atoms with van der Waals surface area (Å²) in [7, 11) is 0. The molecule has 256 valence electrons. The normalized spacial score (nSPS) is 11.6. The molecule has 1 aromatic heterocycles. The Morgan fingerprint density at radius 2 is 1.30 bits per heavy atom. The van der Waals surface area contributed by atoms with Gasteiger partial charge in [0.25, 0.3) is 0 Å². The minimum atomic E-state index is 0.600. The second-order valence-electron chi connectivity index (χ2n) is 11.9. The Labute approximate surface area is 287 Å². The number of ether oxygens (including phenoxy) is 3. The van der Waals surface area contributed by atoms with Crippen LogP contribution in [-0.2, 0) is 13.0 Å². The first-order valence-electron chi connectivity index (χ1n) is 17.7. The van der Waals surface area contributed by atoms with Gasteiger partial charge in [-0.2, -0.15) is 0 Å². The summed E-state index contributed by atoms with van der Waals surface area (Å²) in [5, 5.41) is 0.749. The number of rotatable bonds is 22. The molecule has 3 aromatic carbocycles. The van der Waals surface area contributed by atoms with Crippen molar-refractivity contribution in [2.24, 2.45) is 0 Å². The van der Waals surface area contributed by atoms with Gasteiger partial charge in [-0.05, 0) is 87.4 Å². The van der Waals surface area contributed by atoms with Crippen LogP contribution in [0.2, 0.25) is 5.02 Å². The average Bonchev–Trinajstić information content (AvgIpc) is 3.47. The zero-order valence-corrected chi connectivity index (χ0v) is 30.0. The van der Waals surface area contributed by atoms with Crippen molar-refractivity contribution in [1.82, 2.24) is 19.4 Å². The summed E-state index contributed by atoms with van der Waals surface area (Å²) in [4.78, 5) is 10.1. The van der Waals surface area contributed by atoms with E-state index in [1.165, 1.54) is 5.56 Å². The first-order valence-corrected chi connectivity index (χ1v) is 18.1. The quantitative estimate of drug-likeness (QED) is 0.0783. The van der Waals surface area contributed by atoms with E-state index in [4.69, 9.17) is 30.8 Å². The molecule has 0 spiro atoms. The van der Waals surface area contributed by atoms with Gasteiger partial charge in [-0.15, -0.1) is 0 Å². The summed E-state index contributed by atoms with van der Waals surface area (Å²) >= 11 is 6.03. The molecule has 0 saturated carbocycles. The number of hydrogen-bond donors (Lipinski definition) is 0. The highest BCUT2D eigenvalue weighted by atomic mass is 35.5. The van der Waals surface area contributed by atoms with Gasteiger partial charge >= 0.3 is 0 Å². The summed E-state index contributed by atoms with van der Waals surface area (Å²) < 4.78 is 21.3. The number of nitrogens with zero attached hydrogens (tertiary/aromatic N) is 4. The van der Waals surface area contributed by atoms with Crippen molar-refractivity contribution in [3.63, 3.8) is 0 Å². The van der Waals surface area contributed by atoms with E-state index in [2.05, 4.69) is 67.2 Å². The Bertz CT molecular complexity index is 1460. The van der Waals surface area contributed by atoms with E-state index in [0.717, 1.165) is 123 Å². The maximum Gasteiger partial charge on any atom is 0.150 e. The number of fused-ring (bicyclic) bond motifs is 1. The van der Waals surface area contributed by atoms with Crippen molar-refractivity contribution >= 4 is 22.6 Å². The van der Waals surface area contributed by atoms with E-state index < -0.39 is 0 Å². The predicted octanol–water partition coefficient (Wildman–Crippen LogP) is 9.00. The van der Waals surface area contributed by atoms with Gasteiger partial charge in [-0.25, -0.2) is 4.98 Å². The maximum absolute atomic E-state index is 6.48. The molecule has 0 amide bonds. The molecule has 0 radical (unpaired) electrons. The highest BCUT2D eigenvalue weighted by molar-refractivity contribution is 6.30. The molecular weight excluding hydrogens is 608 g/mol. The van der Waals surface area contributed by atoms with E-state index >= 15 is 0 Å². The lowest BCUT2D eigenvalue weighted by Crippen LogP contribution is -2.25. The van der Waals surface area contributed by atoms with Crippen LogP contribution in [0.4, 0.5) is 0 Å². The number of benzene rings is 3. The van der Waals surface area contributed by atoms with Gasteiger partial charge in [0.2, 0.25) is 0 Å². The van der Waals surface area contributed by atoms with Crippen LogP contribution in [0.5, 0.6) is 17.2 Å². The predicted molar refractivity (Wildman–Crippen MR) is 197 cm³/mol. The highest BCUT2D eigenvalue weighted by Gasteiger charge is 2.18. The molecule has 4 rings (SSSR count). The van der Waals surface area contributed by atoms with Crippen molar-refractivity contribution < 1.29 is 14.2 Å². The minimum Gasteiger partial charge on any atom is -0.493 e. The smallest absolute Gasteiger partial charge is 0.150 e. The summed E-state index contributed by atoms with van der Waals surface area (Å²) in [6.07, 6.45) is 4.91. The third kappa shape index (κ3) is 10.9. The van der Waals surface area contributed by atoms with E-state index in [-0.39, 0.29) is 0 Å². The summed E-state index contributed by atoms with van der Waals surface area (Å²) in [6.45, 7) is 20.1. The first kappa shape index (κ1) is 36.6. The number of imidazole rings is 1. The van der Waals surface area contributed by atoms with Gasteiger partial charge in [0.05, 0.1) is 25.3 Å². The molecule has 0 N–H and O–H groups in total. The monoisotopic (exact) mass is 662 g/mol. The molecule has 4 aromatic rings. The SMILES string of the molecule is CCCCn1c(-c2ccc(OCCc3ccc(Cl)cc3)cc2)nc2c(OCCCN(CC)CC)cc(OCCCN(CC)CC)cc21. The summed E-state index contributed by atoms with van der Waals surface area (Å²) in [6, 6.07) is 20.4. The fraction of sp³-hybridized carbons (Fsp3) is 0.513. The zero-order chi connectivity index (χ0) is 33.4. The minimum absolute atomic E-state index is 0.600. The molecule has 47 heavy (non-hydrogen) atoms. The fourth-order valence-corrected chi connectivity index (χ4v) is 5.92. The average molecular weight is 663 g/mol. The van der Waals surface area contributed by atoms with Crippen molar-refractivity contribution in [2.45, 2.75) is 73.3 Å². The Morgan fingerprint density at radius 1 is 0.681 bits per heavy atom. The van der Waals surface area contributed by atoms with Crippen molar-refractivity contribution in [1.29, 1.82) is 0 Å². The van der Waals surface area contributed by atoms with Gasteiger partial charge in [0, 0.05) is 48.8 Å². The molecule has 1 heterocycles. The van der Waals surface area contributed by atoms with Crippen molar-refractivity contribution in [3.05, 3.63) is 71.2 Å². The number of unbranched alkanes of at least 4 members (excludes halogenated alkanes) is 1. The third-order valence-corrected chi connectivity index (χ3v) is 9.02. The van der Waals surface area contributed by atoms with Crippen LogP contribution in [-0.4, -0.2) is 78.4 Å². The lowest BCUT2D eigenvalue weighted by molar-refractivity contribution is 0.243. The van der Waals surface area contributed by atoms with Crippen LogP contribution < -0.4 is 14.2 Å². The van der Waals surface area contributed by atoms with Crippen molar-refractivity contribution in [2.75, 3.05) is 59.1 Å². The Kier molecular flexibility index (Phi) is 15.2. The molecule has 0 unspecified atom stereocenters. The molecule has 0 atom stereocenters. The van der Waals surface area contributed by atoms with E-state index in [1.54, 1.807) is 0 Å². The lowest BCUT2D eigenvalue weighted by Gasteiger charge is -2.18. The second-order valence-corrected chi connectivity index (χ2v) is 12.4. The molecule has 0 aliphatic carbocycles. The molecule has 0 fully saturated rings. The molecule has 0 aliphatic heterocycles. The Hall–Kier alpha value is -3.26. The van der Waals surface area contributed by atoms with Gasteiger partial charge in [0.1, 0.15) is 22.8 Å². The molecule has 7 nitrogen and oxygen atoms in total. The van der Waals surface area contributed by atoms with Crippen LogP contribution >= 0.6 is 11.6 Å². The van der Waals surface area contributed by atoms with Crippen molar-refractivity contribution in [3.8, 4) is 28.6 Å². The zero-order valence-electron chi connectivity index (χ0n) is 29.3. The Morgan fingerprint density at radius 3 is 1.91 bits per heavy atom.